The van der Waals surface area contributed by atoms with Crippen molar-refractivity contribution in [2.45, 2.75) is 12.8 Å². The maximum atomic E-state index is 5.10. The molecule has 50 valence electrons. The van der Waals surface area contributed by atoms with Gasteiger partial charge in [-0.2, -0.15) is 0 Å². The Labute approximate surface area is 61.1 Å². The van der Waals surface area contributed by atoms with Crippen LogP contribution in [0.5, 0.6) is 0 Å². The number of rotatable bonds is 2. The quantitative estimate of drug-likeness (QED) is 0.556. The van der Waals surface area contributed by atoms with E-state index in [4.69, 9.17) is 6.42 Å². The van der Waals surface area contributed by atoms with Gasteiger partial charge in [0.15, 0.2) is 0 Å². The highest BCUT2D eigenvalue weighted by molar-refractivity contribution is 5.05. The average Bonchev–Trinajstić information content (AvgIpc) is 2.03. The van der Waals surface area contributed by atoms with Crippen molar-refractivity contribution >= 4 is 0 Å². The molecule has 1 heteroatoms. The zero-order valence-corrected chi connectivity index (χ0v) is 5.75. The van der Waals surface area contributed by atoms with Crippen LogP contribution in [-0.4, -0.2) is 4.98 Å². The van der Waals surface area contributed by atoms with E-state index in [1.54, 1.807) is 6.20 Å². The third-order valence-corrected chi connectivity index (χ3v) is 1.25. The third-order valence-electron chi connectivity index (χ3n) is 1.25. The summed E-state index contributed by atoms with van der Waals surface area (Å²) < 4.78 is 0. The molecule has 1 aromatic rings. The Balaban J connectivity index is 2.52. The van der Waals surface area contributed by atoms with Gasteiger partial charge >= 0.3 is 0 Å². The SMILES string of the molecule is C#CCCc1ccccn1. The first-order valence-electron chi connectivity index (χ1n) is 3.27. The lowest BCUT2D eigenvalue weighted by atomic mass is 10.2. The molecule has 0 amide bonds. The maximum absolute atomic E-state index is 5.10. The summed E-state index contributed by atoms with van der Waals surface area (Å²) in [5.41, 5.74) is 1.07. The number of pyridine rings is 1. The van der Waals surface area contributed by atoms with E-state index in [0.717, 1.165) is 18.5 Å². The minimum atomic E-state index is 0.775. The number of aromatic nitrogens is 1. The van der Waals surface area contributed by atoms with Gasteiger partial charge in [0.1, 0.15) is 0 Å². The smallest absolute Gasteiger partial charge is 0.0413 e. The number of nitrogens with zero attached hydrogens (tertiary/aromatic N) is 1. The molecular weight excluding hydrogens is 122 g/mol. The summed E-state index contributed by atoms with van der Waals surface area (Å²) in [6.45, 7) is 0. The van der Waals surface area contributed by atoms with Gasteiger partial charge in [0.2, 0.25) is 0 Å². The molecule has 0 spiro atoms. The first kappa shape index (κ1) is 6.82. The lowest BCUT2D eigenvalue weighted by Crippen LogP contribution is -1.85. The molecule has 0 unspecified atom stereocenters. The van der Waals surface area contributed by atoms with E-state index in [1.807, 2.05) is 18.2 Å². The van der Waals surface area contributed by atoms with Crippen LogP contribution in [0.25, 0.3) is 0 Å². The van der Waals surface area contributed by atoms with Gasteiger partial charge in [0, 0.05) is 24.7 Å². The Hall–Kier alpha value is -1.29. The van der Waals surface area contributed by atoms with Crippen molar-refractivity contribution in [3.63, 3.8) is 0 Å². The first-order chi connectivity index (χ1) is 4.93. The molecule has 0 aliphatic carbocycles. The number of aryl methyl sites for hydroxylation is 1. The van der Waals surface area contributed by atoms with Crippen LogP contribution in [-0.2, 0) is 6.42 Å². The van der Waals surface area contributed by atoms with Gasteiger partial charge in [-0.3, -0.25) is 4.98 Å². The summed E-state index contributed by atoms with van der Waals surface area (Å²) in [5, 5.41) is 0. The van der Waals surface area contributed by atoms with Crippen LogP contribution >= 0.6 is 0 Å². The van der Waals surface area contributed by atoms with Crippen LogP contribution in [0.1, 0.15) is 12.1 Å². The summed E-state index contributed by atoms with van der Waals surface area (Å²) in [6, 6.07) is 5.86. The molecule has 0 saturated carbocycles. The van der Waals surface area contributed by atoms with Crippen molar-refractivity contribution in [2.24, 2.45) is 0 Å². The van der Waals surface area contributed by atoms with Crippen molar-refractivity contribution in [1.82, 2.24) is 4.98 Å². The number of hydrogen-bond donors (Lipinski definition) is 0. The summed E-state index contributed by atoms with van der Waals surface area (Å²) in [6.07, 6.45) is 8.54. The maximum Gasteiger partial charge on any atom is 0.0413 e. The van der Waals surface area contributed by atoms with Gasteiger partial charge in [0.25, 0.3) is 0 Å². The molecule has 0 saturated heterocycles. The average molecular weight is 131 g/mol. The summed E-state index contributed by atoms with van der Waals surface area (Å²) in [4.78, 5) is 4.12. The second kappa shape index (κ2) is 3.68. The Morgan fingerprint density at radius 3 is 3.00 bits per heavy atom. The molecule has 0 atom stereocenters. The van der Waals surface area contributed by atoms with Crippen LogP contribution < -0.4 is 0 Å². The molecule has 0 bridgehead atoms. The zero-order chi connectivity index (χ0) is 7.23. The van der Waals surface area contributed by atoms with E-state index < -0.39 is 0 Å². The van der Waals surface area contributed by atoms with Crippen LogP contribution in [0, 0.1) is 12.3 Å². The third kappa shape index (κ3) is 1.91. The fourth-order valence-electron chi connectivity index (χ4n) is 0.746. The highest BCUT2D eigenvalue weighted by Crippen LogP contribution is 1.96. The van der Waals surface area contributed by atoms with E-state index in [0.29, 0.717) is 0 Å². The van der Waals surface area contributed by atoms with Crippen LogP contribution in [0.3, 0.4) is 0 Å². The Morgan fingerprint density at radius 2 is 2.40 bits per heavy atom. The molecule has 1 nitrogen and oxygen atoms in total. The molecule has 10 heavy (non-hydrogen) atoms. The molecule has 0 aliphatic heterocycles. The second-order valence-corrected chi connectivity index (χ2v) is 2.03. The Morgan fingerprint density at radius 1 is 1.50 bits per heavy atom. The molecule has 1 rings (SSSR count). The predicted molar refractivity (Wildman–Crippen MR) is 41.4 cm³/mol. The highest BCUT2D eigenvalue weighted by Gasteiger charge is 1.87. The minimum absolute atomic E-state index is 0.775. The Kier molecular flexibility index (Phi) is 2.51. The summed E-state index contributed by atoms with van der Waals surface area (Å²) in [5.74, 6) is 2.58. The molecule has 0 aromatic carbocycles. The van der Waals surface area contributed by atoms with Crippen LogP contribution in [0.4, 0.5) is 0 Å². The number of hydrogen-bond acceptors (Lipinski definition) is 1. The second-order valence-electron chi connectivity index (χ2n) is 2.03. The van der Waals surface area contributed by atoms with E-state index in [2.05, 4.69) is 10.9 Å². The first-order valence-corrected chi connectivity index (χ1v) is 3.27. The van der Waals surface area contributed by atoms with Crippen molar-refractivity contribution in [1.29, 1.82) is 0 Å². The van der Waals surface area contributed by atoms with Gasteiger partial charge in [-0.25, -0.2) is 0 Å². The van der Waals surface area contributed by atoms with Crippen molar-refractivity contribution < 1.29 is 0 Å². The minimum Gasteiger partial charge on any atom is -0.261 e. The molecule has 1 heterocycles. The topological polar surface area (TPSA) is 12.9 Å². The lowest BCUT2D eigenvalue weighted by Gasteiger charge is -1.92. The Bertz CT molecular complexity index is 220. The molecule has 1 aromatic heterocycles. The molecular formula is C9H9N. The van der Waals surface area contributed by atoms with E-state index >= 15 is 0 Å². The molecule has 0 aliphatic rings. The standard InChI is InChI=1S/C9H9N/c1-2-3-6-9-7-4-5-8-10-9/h1,4-5,7-8H,3,6H2. The van der Waals surface area contributed by atoms with Gasteiger partial charge in [-0.1, -0.05) is 6.07 Å². The number of terminal acetylenes is 1. The van der Waals surface area contributed by atoms with Gasteiger partial charge in [0.05, 0.1) is 0 Å². The monoisotopic (exact) mass is 131 g/mol. The zero-order valence-electron chi connectivity index (χ0n) is 5.75. The molecule has 0 radical (unpaired) electrons. The van der Waals surface area contributed by atoms with Crippen molar-refractivity contribution in [2.75, 3.05) is 0 Å². The van der Waals surface area contributed by atoms with Crippen LogP contribution in [0.15, 0.2) is 24.4 Å². The highest BCUT2D eigenvalue weighted by atomic mass is 14.7. The predicted octanol–water partition coefficient (Wildman–Crippen LogP) is 1.65. The normalized spacial score (nSPS) is 8.70. The largest absolute Gasteiger partial charge is 0.261 e. The van der Waals surface area contributed by atoms with Gasteiger partial charge in [-0.05, 0) is 12.1 Å². The summed E-state index contributed by atoms with van der Waals surface area (Å²) >= 11 is 0. The van der Waals surface area contributed by atoms with Gasteiger partial charge in [-0.15, -0.1) is 12.3 Å². The fraction of sp³-hybridized carbons (Fsp3) is 0.222. The molecule has 0 fully saturated rings. The van der Waals surface area contributed by atoms with E-state index in [9.17, 15) is 0 Å². The van der Waals surface area contributed by atoms with Crippen molar-refractivity contribution in [3.05, 3.63) is 30.1 Å². The summed E-state index contributed by atoms with van der Waals surface area (Å²) in [7, 11) is 0. The van der Waals surface area contributed by atoms with Gasteiger partial charge < -0.3 is 0 Å². The van der Waals surface area contributed by atoms with E-state index in [-0.39, 0.29) is 0 Å². The van der Waals surface area contributed by atoms with Crippen molar-refractivity contribution in [3.8, 4) is 12.3 Å². The van der Waals surface area contributed by atoms with E-state index in [1.165, 1.54) is 0 Å². The van der Waals surface area contributed by atoms with Crippen LogP contribution in [0.2, 0.25) is 0 Å². The fourth-order valence-corrected chi connectivity index (χ4v) is 0.746. The molecule has 0 N–H and O–H groups in total. The lowest BCUT2D eigenvalue weighted by molar-refractivity contribution is 0.963.